The number of rotatable bonds is 5. The van der Waals surface area contributed by atoms with E-state index in [-0.39, 0.29) is 11.8 Å². The quantitative estimate of drug-likeness (QED) is 0.845. The highest BCUT2D eigenvalue weighted by molar-refractivity contribution is 7.15. The minimum Gasteiger partial charge on any atom is -0.478 e. The molecule has 0 aromatic carbocycles. The van der Waals surface area contributed by atoms with E-state index in [0.717, 1.165) is 16.5 Å². The van der Waals surface area contributed by atoms with Crippen molar-refractivity contribution in [1.82, 2.24) is 4.90 Å². The molecule has 0 fully saturated rings. The normalized spacial score (nSPS) is 12.1. The second-order valence-corrected chi connectivity index (χ2v) is 5.63. The standard InChI is InChI=1S/C14H16N2O3S/c1-9(7-15)8-16(3)14(19)12-6-10(2)11(20-12)4-5-13(17)18/h4-6,9H,8H2,1-3H3,(H,17,18)/b5-4+. The highest BCUT2D eigenvalue weighted by Gasteiger charge is 2.17. The zero-order valence-electron chi connectivity index (χ0n) is 11.6. The number of carbonyl (C=O) groups is 2. The summed E-state index contributed by atoms with van der Waals surface area (Å²) in [5.41, 5.74) is 0.859. The van der Waals surface area contributed by atoms with Gasteiger partial charge in [0, 0.05) is 24.5 Å². The van der Waals surface area contributed by atoms with E-state index in [4.69, 9.17) is 10.4 Å². The summed E-state index contributed by atoms with van der Waals surface area (Å²) in [6, 6.07) is 3.82. The van der Waals surface area contributed by atoms with E-state index in [2.05, 4.69) is 6.07 Å². The monoisotopic (exact) mass is 292 g/mol. The number of carbonyl (C=O) groups excluding carboxylic acids is 1. The SMILES string of the molecule is Cc1cc(C(=O)N(C)CC(C)C#N)sc1/C=C/C(=O)O. The van der Waals surface area contributed by atoms with E-state index in [1.54, 1.807) is 20.0 Å². The van der Waals surface area contributed by atoms with Crippen LogP contribution in [0.4, 0.5) is 0 Å². The molecular formula is C14H16N2O3S. The van der Waals surface area contributed by atoms with E-state index in [1.165, 1.54) is 22.3 Å². The number of amides is 1. The third-order valence-electron chi connectivity index (χ3n) is 2.66. The molecule has 1 amide bonds. The van der Waals surface area contributed by atoms with Gasteiger partial charge in [-0.2, -0.15) is 5.26 Å². The molecule has 0 spiro atoms. The van der Waals surface area contributed by atoms with Gasteiger partial charge in [-0.1, -0.05) is 0 Å². The van der Waals surface area contributed by atoms with Crippen LogP contribution >= 0.6 is 11.3 Å². The van der Waals surface area contributed by atoms with Crippen LogP contribution in [0.1, 0.15) is 27.0 Å². The number of carboxylic acids is 1. The summed E-state index contributed by atoms with van der Waals surface area (Å²) in [4.78, 5) is 25.5. The number of aryl methyl sites for hydroxylation is 1. The molecule has 5 nitrogen and oxygen atoms in total. The van der Waals surface area contributed by atoms with Crippen molar-refractivity contribution in [3.05, 3.63) is 27.5 Å². The predicted octanol–water partition coefficient (Wildman–Crippen LogP) is 2.39. The Labute approximate surface area is 121 Å². The molecule has 1 aromatic heterocycles. The molecule has 0 aliphatic heterocycles. The predicted molar refractivity (Wildman–Crippen MR) is 77.5 cm³/mol. The first-order valence-electron chi connectivity index (χ1n) is 6.01. The summed E-state index contributed by atoms with van der Waals surface area (Å²) in [5.74, 6) is -1.41. The Hall–Kier alpha value is -2.13. The van der Waals surface area contributed by atoms with Gasteiger partial charge >= 0.3 is 5.97 Å². The summed E-state index contributed by atoms with van der Waals surface area (Å²) < 4.78 is 0. The Morgan fingerprint density at radius 1 is 1.60 bits per heavy atom. The highest BCUT2D eigenvalue weighted by Crippen LogP contribution is 2.24. The third kappa shape index (κ3) is 4.21. The van der Waals surface area contributed by atoms with Crippen molar-refractivity contribution in [3.8, 4) is 6.07 Å². The van der Waals surface area contributed by atoms with Gasteiger partial charge in [0.25, 0.3) is 5.91 Å². The van der Waals surface area contributed by atoms with Crippen molar-refractivity contribution >= 4 is 29.3 Å². The second kappa shape index (κ2) is 6.87. The van der Waals surface area contributed by atoms with Gasteiger partial charge in [0.15, 0.2) is 0 Å². The summed E-state index contributed by atoms with van der Waals surface area (Å²) in [6.45, 7) is 3.95. The number of hydrogen-bond acceptors (Lipinski definition) is 4. The summed E-state index contributed by atoms with van der Waals surface area (Å²) in [5, 5.41) is 17.4. The first-order valence-corrected chi connectivity index (χ1v) is 6.83. The molecule has 106 valence electrons. The topological polar surface area (TPSA) is 81.4 Å². The molecule has 1 heterocycles. The fourth-order valence-electron chi connectivity index (χ4n) is 1.64. The minimum atomic E-state index is -1.02. The van der Waals surface area contributed by atoms with E-state index in [1.807, 2.05) is 6.92 Å². The molecule has 0 saturated heterocycles. The van der Waals surface area contributed by atoms with Crippen LogP contribution in [0.5, 0.6) is 0 Å². The Balaban J connectivity index is 2.87. The van der Waals surface area contributed by atoms with Crippen molar-refractivity contribution in [1.29, 1.82) is 5.26 Å². The molecule has 6 heteroatoms. The van der Waals surface area contributed by atoms with Gasteiger partial charge in [-0.05, 0) is 31.6 Å². The van der Waals surface area contributed by atoms with Crippen molar-refractivity contribution in [3.63, 3.8) is 0 Å². The Bertz CT molecular complexity index is 584. The van der Waals surface area contributed by atoms with Gasteiger partial charge < -0.3 is 10.0 Å². The van der Waals surface area contributed by atoms with Crippen LogP contribution < -0.4 is 0 Å². The van der Waals surface area contributed by atoms with Gasteiger partial charge in [-0.3, -0.25) is 4.79 Å². The molecular weight excluding hydrogens is 276 g/mol. The lowest BCUT2D eigenvalue weighted by Gasteiger charge is -2.17. The van der Waals surface area contributed by atoms with Crippen molar-refractivity contribution in [2.75, 3.05) is 13.6 Å². The number of nitrogens with zero attached hydrogens (tertiary/aromatic N) is 2. The van der Waals surface area contributed by atoms with Gasteiger partial charge in [-0.15, -0.1) is 11.3 Å². The average molecular weight is 292 g/mol. The fraction of sp³-hybridized carbons (Fsp3) is 0.357. The maximum absolute atomic E-state index is 12.2. The fourth-order valence-corrected chi connectivity index (χ4v) is 2.71. The van der Waals surface area contributed by atoms with E-state index in [0.29, 0.717) is 11.4 Å². The van der Waals surface area contributed by atoms with Gasteiger partial charge in [0.1, 0.15) is 0 Å². The van der Waals surface area contributed by atoms with Crippen LogP contribution in [0, 0.1) is 24.2 Å². The van der Waals surface area contributed by atoms with Crippen molar-refractivity contribution < 1.29 is 14.7 Å². The second-order valence-electron chi connectivity index (χ2n) is 4.55. The van der Waals surface area contributed by atoms with Gasteiger partial charge in [0.05, 0.1) is 16.9 Å². The Morgan fingerprint density at radius 3 is 2.80 bits per heavy atom. The molecule has 0 bridgehead atoms. The highest BCUT2D eigenvalue weighted by atomic mass is 32.1. The molecule has 1 rings (SSSR count). The lowest BCUT2D eigenvalue weighted by Crippen LogP contribution is -2.30. The Morgan fingerprint density at radius 2 is 2.25 bits per heavy atom. The lowest BCUT2D eigenvalue weighted by molar-refractivity contribution is -0.131. The van der Waals surface area contributed by atoms with E-state index < -0.39 is 5.97 Å². The minimum absolute atomic E-state index is 0.157. The van der Waals surface area contributed by atoms with Crippen LogP contribution in [0.3, 0.4) is 0 Å². The molecule has 0 aliphatic carbocycles. The summed E-state index contributed by atoms with van der Waals surface area (Å²) in [6.07, 6.45) is 2.53. The van der Waals surface area contributed by atoms with Crippen LogP contribution in [-0.2, 0) is 4.79 Å². The lowest BCUT2D eigenvalue weighted by atomic mass is 10.2. The smallest absolute Gasteiger partial charge is 0.328 e. The van der Waals surface area contributed by atoms with Gasteiger partial charge in [-0.25, -0.2) is 4.79 Å². The molecule has 0 saturated carbocycles. The molecule has 1 N–H and O–H groups in total. The maximum atomic E-state index is 12.2. The molecule has 20 heavy (non-hydrogen) atoms. The van der Waals surface area contributed by atoms with Crippen molar-refractivity contribution in [2.24, 2.45) is 5.92 Å². The van der Waals surface area contributed by atoms with E-state index in [9.17, 15) is 9.59 Å². The molecule has 0 aliphatic rings. The summed E-state index contributed by atoms with van der Waals surface area (Å²) in [7, 11) is 1.65. The zero-order valence-corrected chi connectivity index (χ0v) is 12.4. The maximum Gasteiger partial charge on any atom is 0.328 e. The number of carboxylic acid groups (broad SMARTS) is 1. The number of hydrogen-bond donors (Lipinski definition) is 1. The zero-order chi connectivity index (χ0) is 15.3. The largest absolute Gasteiger partial charge is 0.478 e. The van der Waals surface area contributed by atoms with E-state index >= 15 is 0 Å². The van der Waals surface area contributed by atoms with Crippen LogP contribution in [0.15, 0.2) is 12.1 Å². The molecule has 0 radical (unpaired) electrons. The molecule has 1 atom stereocenters. The summed E-state index contributed by atoms with van der Waals surface area (Å²) >= 11 is 1.25. The van der Waals surface area contributed by atoms with Crippen LogP contribution in [0.2, 0.25) is 0 Å². The average Bonchev–Trinajstić information content (AvgIpc) is 2.76. The Kier molecular flexibility index (Phi) is 5.47. The first-order chi connectivity index (χ1) is 9.35. The number of aliphatic carboxylic acids is 1. The third-order valence-corrected chi connectivity index (χ3v) is 3.85. The molecule has 1 unspecified atom stereocenters. The van der Waals surface area contributed by atoms with Gasteiger partial charge in [0.2, 0.25) is 0 Å². The number of nitriles is 1. The number of thiophene rings is 1. The van der Waals surface area contributed by atoms with Crippen LogP contribution in [-0.4, -0.2) is 35.5 Å². The van der Waals surface area contributed by atoms with Crippen LogP contribution in [0.25, 0.3) is 6.08 Å². The first kappa shape index (κ1) is 15.9. The van der Waals surface area contributed by atoms with Crippen molar-refractivity contribution in [2.45, 2.75) is 13.8 Å². The molecule has 1 aromatic rings.